The first kappa shape index (κ1) is 23.9. The van der Waals surface area contributed by atoms with Gasteiger partial charge in [-0.3, -0.25) is 19.2 Å². The number of aromatic nitrogens is 2. The number of aryl methyl sites for hydroxylation is 2. The predicted octanol–water partition coefficient (Wildman–Crippen LogP) is 1.97. The summed E-state index contributed by atoms with van der Waals surface area (Å²) in [5.74, 6) is -0.388. The molecule has 3 heterocycles. The average Bonchev–Trinajstić information content (AvgIpc) is 3.46. The molecule has 2 amide bonds. The molecule has 1 aliphatic heterocycles. The Kier molecular flexibility index (Phi) is 6.41. The molecule has 2 aromatic heterocycles. The van der Waals surface area contributed by atoms with Crippen molar-refractivity contribution >= 4 is 38.0 Å². The van der Waals surface area contributed by atoms with Crippen LogP contribution in [0.4, 0.5) is 5.00 Å². The minimum atomic E-state index is -3.01. The lowest BCUT2D eigenvalue weighted by atomic mass is 10.1. The molecule has 2 aromatic rings. The topological polar surface area (TPSA) is 127 Å². The molecule has 0 unspecified atom stereocenters. The maximum atomic E-state index is 13.0. The third-order valence-electron chi connectivity index (χ3n) is 6.88. The minimum Gasteiger partial charge on any atom is -0.365 e. The fourth-order valence-electron chi connectivity index (χ4n) is 4.81. The zero-order valence-electron chi connectivity index (χ0n) is 19.5. The number of sulfone groups is 1. The number of primary amides is 1. The summed E-state index contributed by atoms with van der Waals surface area (Å²) in [5, 5.41) is 8.08. The second kappa shape index (κ2) is 8.84. The molecule has 1 aliphatic carbocycles. The van der Waals surface area contributed by atoms with Gasteiger partial charge in [-0.05, 0) is 59.1 Å². The van der Waals surface area contributed by atoms with Gasteiger partial charge in [0.1, 0.15) is 5.00 Å². The number of amides is 2. The Morgan fingerprint density at radius 2 is 2.06 bits per heavy atom. The molecule has 1 saturated heterocycles. The van der Waals surface area contributed by atoms with E-state index in [1.54, 1.807) is 0 Å². The molecular weight excluding hydrogens is 462 g/mol. The van der Waals surface area contributed by atoms with Crippen LogP contribution < -0.4 is 11.1 Å². The van der Waals surface area contributed by atoms with E-state index in [-0.39, 0.29) is 23.5 Å². The number of nitrogens with two attached hydrogens (primary N) is 1. The highest BCUT2D eigenvalue weighted by Crippen LogP contribution is 2.39. The summed E-state index contributed by atoms with van der Waals surface area (Å²) in [4.78, 5) is 28.1. The van der Waals surface area contributed by atoms with Crippen molar-refractivity contribution in [1.29, 1.82) is 0 Å². The van der Waals surface area contributed by atoms with Crippen LogP contribution in [-0.4, -0.2) is 59.5 Å². The third kappa shape index (κ3) is 4.58. The first-order valence-corrected chi connectivity index (χ1v) is 13.8. The lowest BCUT2D eigenvalue weighted by Crippen LogP contribution is -2.39. The molecule has 0 aromatic carbocycles. The number of likely N-dealkylation sites (N-methyl/N-ethyl adjacent to an activating group) is 1. The second-order valence-electron chi connectivity index (χ2n) is 9.16. The number of rotatable bonds is 7. The number of nitrogens with one attached hydrogen (secondary N) is 1. The summed E-state index contributed by atoms with van der Waals surface area (Å²) in [6.07, 6.45) is 3.32. The molecule has 0 bridgehead atoms. The van der Waals surface area contributed by atoms with Gasteiger partial charge in [0, 0.05) is 22.7 Å². The third-order valence-corrected chi connectivity index (χ3v) is 9.84. The molecule has 180 valence electrons. The van der Waals surface area contributed by atoms with E-state index in [1.807, 2.05) is 37.4 Å². The van der Waals surface area contributed by atoms with Crippen LogP contribution in [0, 0.1) is 13.8 Å². The minimum absolute atomic E-state index is 0.121. The molecular formula is C22H31N5O4S2. The Bertz CT molecular complexity index is 1210. The second-order valence-corrected chi connectivity index (χ2v) is 12.5. The fourth-order valence-corrected chi connectivity index (χ4v) is 7.80. The number of fused-ring (bicyclic) bond motifs is 1. The summed E-state index contributed by atoms with van der Waals surface area (Å²) in [6, 6.07) is -0.599. The number of hydrogen-bond acceptors (Lipinski definition) is 7. The van der Waals surface area contributed by atoms with E-state index in [1.165, 1.54) is 11.3 Å². The number of carbonyl (C=O) groups excluding carboxylic acids is 2. The summed E-state index contributed by atoms with van der Waals surface area (Å²) >= 11 is 1.45. The van der Waals surface area contributed by atoms with Gasteiger partial charge < -0.3 is 11.1 Å². The number of nitrogens with zero attached hydrogens (tertiary/aromatic N) is 3. The van der Waals surface area contributed by atoms with E-state index in [2.05, 4.69) is 10.4 Å². The molecule has 2 atom stereocenters. The van der Waals surface area contributed by atoms with E-state index in [0.29, 0.717) is 23.5 Å². The van der Waals surface area contributed by atoms with Gasteiger partial charge in [-0.15, -0.1) is 11.3 Å². The highest BCUT2D eigenvalue weighted by atomic mass is 32.2. The molecule has 11 heteroatoms. The number of thiophene rings is 1. The van der Waals surface area contributed by atoms with Crippen molar-refractivity contribution in [3.8, 4) is 0 Å². The van der Waals surface area contributed by atoms with E-state index in [4.69, 9.17) is 5.73 Å². The number of anilines is 1. The standard InChI is InChI=1S/C22H31N5O4S2/c1-12-17(13(2)27(25-12)15-8-9-33(30,31)11-15)10-26(4)14(3)21(29)24-22-19(20(23)28)16-6-5-7-18(16)32-22/h14-15H,5-11H2,1-4H3,(H2,23,28)(H,24,29)/t14-,15+/m0/s1. The van der Waals surface area contributed by atoms with Gasteiger partial charge in [-0.25, -0.2) is 8.42 Å². The largest absolute Gasteiger partial charge is 0.365 e. The maximum absolute atomic E-state index is 13.0. The molecule has 4 rings (SSSR count). The SMILES string of the molecule is Cc1nn([C@@H]2CCS(=O)(=O)C2)c(C)c1CN(C)[C@@H](C)C(=O)Nc1sc2c(c1C(N)=O)CCC2. The predicted molar refractivity (Wildman–Crippen MR) is 128 cm³/mol. The highest BCUT2D eigenvalue weighted by molar-refractivity contribution is 7.91. The van der Waals surface area contributed by atoms with Crippen LogP contribution in [0.5, 0.6) is 0 Å². The van der Waals surface area contributed by atoms with E-state index in [0.717, 1.165) is 46.7 Å². The Morgan fingerprint density at radius 3 is 2.70 bits per heavy atom. The molecule has 33 heavy (non-hydrogen) atoms. The van der Waals surface area contributed by atoms with Crippen molar-refractivity contribution in [3.63, 3.8) is 0 Å². The maximum Gasteiger partial charge on any atom is 0.251 e. The van der Waals surface area contributed by atoms with Crippen LogP contribution in [0.15, 0.2) is 0 Å². The quantitative estimate of drug-likeness (QED) is 0.607. The van der Waals surface area contributed by atoms with Gasteiger partial charge in [0.2, 0.25) is 5.91 Å². The van der Waals surface area contributed by atoms with Gasteiger partial charge in [0.05, 0.1) is 34.8 Å². The molecule has 1 fully saturated rings. The normalized spacial score (nSPS) is 20.2. The monoisotopic (exact) mass is 493 g/mol. The molecule has 3 N–H and O–H groups in total. The van der Waals surface area contributed by atoms with Crippen molar-refractivity contribution in [1.82, 2.24) is 14.7 Å². The van der Waals surface area contributed by atoms with Crippen LogP contribution in [0.25, 0.3) is 0 Å². The zero-order chi connectivity index (χ0) is 24.1. The van der Waals surface area contributed by atoms with E-state index < -0.39 is 21.8 Å². The first-order chi connectivity index (χ1) is 15.5. The van der Waals surface area contributed by atoms with Crippen molar-refractivity contribution in [2.75, 3.05) is 23.9 Å². The van der Waals surface area contributed by atoms with Crippen molar-refractivity contribution in [2.24, 2.45) is 5.73 Å². The van der Waals surface area contributed by atoms with Gasteiger partial charge in [0.15, 0.2) is 9.84 Å². The van der Waals surface area contributed by atoms with Gasteiger partial charge in [-0.2, -0.15) is 5.10 Å². The summed E-state index contributed by atoms with van der Waals surface area (Å²) in [7, 11) is -1.14. The van der Waals surface area contributed by atoms with E-state index >= 15 is 0 Å². The van der Waals surface area contributed by atoms with Gasteiger partial charge in [0.25, 0.3) is 5.91 Å². The Balaban J connectivity index is 1.47. The first-order valence-electron chi connectivity index (χ1n) is 11.2. The molecule has 2 aliphatic rings. The van der Waals surface area contributed by atoms with Crippen molar-refractivity contribution in [2.45, 2.75) is 65.1 Å². The molecule has 0 spiro atoms. The van der Waals surface area contributed by atoms with Crippen molar-refractivity contribution < 1.29 is 18.0 Å². The number of carbonyl (C=O) groups is 2. The van der Waals surface area contributed by atoms with Crippen LogP contribution in [0.1, 0.15) is 63.6 Å². The lowest BCUT2D eigenvalue weighted by Gasteiger charge is -2.24. The zero-order valence-corrected chi connectivity index (χ0v) is 21.1. The Labute approximate surface area is 198 Å². The van der Waals surface area contributed by atoms with E-state index in [9.17, 15) is 18.0 Å². The van der Waals surface area contributed by atoms with Crippen LogP contribution in [0.2, 0.25) is 0 Å². The van der Waals surface area contributed by atoms with Crippen LogP contribution >= 0.6 is 11.3 Å². The van der Waals surface area contributed by atoms with Crippen LogP contribution in [0.3, 0.4) is 0 Å². The summed E-state index contributed by atoms with van der Waals surface area (Å²) in [5.41, 5.74) is 9.81. The van der Waals surface area contributed by atoms with Crippen LogP contribution in [-0.2, 0) is 34.0 Å². The molecule has 9 nitrogen and oxygen atoms in total. The average molecular weight is 494 g/mol. The van der Waals surface area contributed by atoms with Gasteiger partial charge in [-0.1, -0.05) is 0 Å². The molecule has 0 saturated carbocycles. The van der Waals surface area contributed by atoms with Crippen molar-refractivity contribution in [3.05, 3.63) is 33.0 Å². The lowest BCUT2D eigenvalue weighted by molar-refractivity contribution is -0.120. The summed E-state index contributed by atoms with van der Waals surface area (Å²) < 4.78 is 25.6. The molecule has 0 radical (unpaired) electrons. The number of hydrogen-bond donors (Lipinski definition) is 2. The smallest absolute Gasteiger partial charge is 0.251 e. The van der Waals surface area contributed by atoms with Gasteiger partial charge >= 0.3 is 0 Å². The Hall–Kier alpha value is -2.24. The Morgan fingerprint density at radius 1 is 1.33 bits per heavy atom. The summed E-state index contributed by atoms with van der Waals surface area (Å²) in [6.45, 7) is 6.17. The fraction of sp³-hybridized carbons (Fsp3) is 0.591. The highest BCUT2D eigenvalue weighted by Gasteiger charge is 2.32.